The topological polar surface area (TPSA) is 67.4 Å². The van der Waals surface area contributed by atoms with Crippen LogP contribution in [-0.4, -0.2) is 68.4 Å². The van der Waals surface area contributed by atoms with Gasteiger partial charge in [-0.25, -0.2) is 0 Å². The van der Waals surface area contributed by atoms with Crippen molar-refractivity contribution in [1.29, 1.82) is 0 Å². The first kappa shape index (κ1) is 24.5. The van der Waals surface area contributed by atoms with E-state index in [0.29, 0.717) is 6.54 Å². The summed E-state index contributed by atoms with van der Waals surface area (Å²) >= 11 is 1.47. The fourth-order valence-electron chi connectivity index (χ4n) is 4.16. The van der Waals surface area contributed by atoms with Crippen LogP contribution < -0.4 is 0 Å². The van der Waals surface area contributed by atoms with E-state index in [-0.39, 0.29) is 16.6 Å². The van der Waals surface area contributed by atoms with Crippen molar-refractivity contribution in [2.75, 3.05) is 32.7 Å². The van der Waals surface area contributed by atoms with Crippen LogP contribution >= 0.6 is 11.8 Å². The fraction of sp³-hybridized carbons (Fsp3) is 0.500. The van der Waals surface area contributed by atoms with Crippen LogP contribution in [0.3, 0.4) is 0 Å². The van der Waals surface area contributed by atoms with Crippen molar-refractivity contribution in [2.45, 2.75) is 57.0 Å². The number of furan rings is 1. The highest BCUT2D eigenvalue weighted by Crippen LogP contribution is 2.30. The molecule has 0 bridgehead atoms. The van der Waals surface area contributed by atoms with E-state index >= 15 is 0 Å². The molecule has 1 aliphatic heterocycles. The lowest BCUT2D eigenvalue weighted by atomic mass is 9.87. The molecule has 1 aliphatic rings. The van der Waals surface area contributed by atoms with Gasteiger partial charge in [0.2, 0.25) is 5.91 Å². The zero-order chi connectivity index (χ0) is 24.3. The van der Waals surface area contributed by atoms with Crippen molar-refractivity contribution in [2.24, 2.45) is 0 Å². The molecule has 3 heterocycles. The monoisotopic (exact) mass is 481 g/mol. The molecule has 0 aliphatic carbocycles. The number of aromatic nitrogens is 3. The predicted octanol–water partition coefficient (Wildman–Crippen LogP) is 4.53. The van der Waals surface area contributed by atoms with E-state index in [0.717, 1.165) is 55.0 Å². The van der Waals surface area contributed by atoms with Gasteiger partial charge in [-0.3, -0.25) is 9.36 Å². The number of hydrogen-bond acceptors (Lipinski definition) is 6. The van der Waals surface area contributed by atoms with Crippen molar-refractivity contribution < 1.29 is 9.21 Å². The third kappa shape index (κ3) is 5.55. The Hall–Kier alpha value is -2.58. The van der Waals surface area contributed by atoms with Crippen molar-refractivity contribution in [3.8, 4) is 11.4 Å². The molecule has 2 aromatic heterocycles. The van der Waals surface area contributed by atoms with Crippen LogP contribution in [-0.2, 0) is 16.8 Å². The Bertz CT molecular complexity index is 1080. The van der Waals surface area contributed by atoms with E-state index in [9.17, 15) is 4.79 Å². The number of amides is 1. The van der Waals surface area contributed by atoms with Gasteiger partial charge in [0.25, 0.3) is 0 Å². The first-order chi connectivity index (χ1) is 16.3. The van der Waals surface area contributed by atoms with Crippen LogP contribution in [0.5, 0.6) is 0 Å². The van der Waals surface area contributed by atoms with E-state index in [2.05, 4.69) is 67.1 Å². The number of piperazine rings is 1. The number of carbonyl (C=O) groups is 1. The van der Waals surface area contributed by atoms with Gasteiger partial charge in [-0.15, -0.1) is 10.2 Å². The van der Waals surface area contributed by atoms with Gasteiger partial charge in [0.15, 0.2) is 11.0 Å². The van der Waals surface area contributed by atoms with Crippen molar-refractivity contribution in [1.82, 2.24) is 24.6 Å². The molecular formula is C26H35N5O2S. The van der Waals surface area contributed by atoms with Gasteiger partial charge in [-0.1, -0.05) is 63.7 Å². The zero-order valence-electron chi connectivity index (χ0n) is 20.8. The average Bonchev–Trinajstić information content (AvgIpc) is 3.49. The molecule has 1 fully saturated rings. The summed E-state index contributed by atoms with van der Waals surface area (Å²) in [5.74, 6) is 1.75. The van der Waals surface area contributed by atoms with Gasteiger partial charge in [0, 0.05) is 31.7 Å². The molecule has 0 N–H and O–H groups in total. The first-order valence-electron chi connectivity index (χ1n) is 12.0. The number of rotatable bonds is 7. The second-order valence-electron chi connectivity index (χ2n) is 9.82. The Labute approximate surface area is 206 Å². The molecule has 1 atom stereocenters. The lowest BCUT2D eigenvalue weighted by Crippen LogP contribution is -2.50. The van der Waals surface area contributed by atoms with Gasteiger partial charge in [-0.2, -0.15) is 0 Å². The molecule has 4 rings (SSSR count). The third-order valence-corrected chi connectivity index (χ3v) is 7.45. The highest BCUT2D eigenvalue weighted by atomic mass is 32.2. The van der Waals surface area contributed by atoms with Crippen LogP contribution in [0.15, 0.2) is 52.2 Å². The summed E-state index contributed by atoms with van der Waals surface area (Å²) < 4.78 is 7.67. The second-order valence-corrected chi connectivity index (χ2v) is 11.1. The van der Waals surface area contributed by atoms with Gasteiger partial charge < -0.3 is 14.2 Å². The van der Waals surface area contributed by atoms with Gasteiger partial charge >= 0.3 is 0 Å². The Morgan fingerprint density at radius 3 is 2.38 bits per heavy atom. The molecule has 0 spiro atoms. The highest BCUT2D eigenvalue weighted by Gasteiger charge is 2.27. The average molecular weight is 482 g/mol. The molecule has 0 saturated carbocycles. The van der Waals surface area contributed by atoms with Gasteiger partial charge in [-0.05, 0) is 36.6 Å². The van der Waals surface area contributed by atoms with Crippen LogP contribution in [0.4, 0.5) is 0 Å². The Kier molecular flexibility index (Phi) is 7.48. The quantitative estimate of drug-likeness (QED) is 0.462. The lowest BCUT2D eigenvalue weighted by Gasteiger charge is -2.35. The summed E-state index contributed by atoms with van der Waals surface area (Å²) in [6, 6.07) is 12.3. The number of carbonyl (C=O) groups excluding carboxylic acids is 1. The Balaban J connectivity index is 1.56. The maximum Gasteiger partial charge on any atom is 0.235 e. The molecule has 1 aromatic carbocycles. The minimum Gasteiger partial charge on any atom is -0.467 e. The minimum absolute atomic E-state index is 0.0831. The third-order valence-electron chi connectivity index (χ3n) is 6.38. The number of hydrogen-bond donors (Lipinski definition) is 0. The van der Waals surface area contributed by atoms with E-state index in [4.69, 9.17) is 4.42 Å². The van der Waals surface area contributed by atoms with Crippen LogP contribution in [0.2, 0.25) is 0 Å². The molecule has 8 heteroatoms. The Morgan fingerprint density at radius 1 is 1.09 bits per heavy atom. The van der Waals surface area contributed by atoms with Crippen LogP contribution in [0.25, 0.3) is 11.4 Å². The Morgan fingerprint density at radius 2 is 1.79 bits per heavy atom. The highest BCUT2D eigenvalue weighted by molar-refractivity contribution is 8.00. The summed E-state index contributed by atoms with van der Waals surface area (Å²) in [6.07, 6.45) is 1.67. The van der Waals surface area contributed by atoms with Crippen LogP contribution in [0.1, 0.15) is 45.9 Å². The lowest BCUT2D eigenvalue weighted by molar-refractivity contribution is -0.132. The second kappa shape index (κ2) is 10.4. The molecule has 34 heavy (non-hydrogen) atoms. The van der Waals surface area contributed by atoms with E-state index in [1.165, 1.54) is 17.3 Å². The van der Waals surface area contributed by atoms with Crippen molar-refractivity contribution in [3.63, 3.8) is 0 Å². The first-order valence-corrected chi connectivity index (χ1v) is 12.9. The summed E-state index contributed by atoms with van der Waals surface area (Å²) in [7, 11) is 0. The van der Waals surface area contributed by atoms with E-state index in [1.54, 1.807) is 6.26 Å². The molecule has 182 valence electrons. The normalized spacial score (nSPS) is 16.1. The summed E-state index contributed by atoms with van der Waals surface area (Å²) in [6.45, 7) is 15.7. The molecule has 7 nitrogen and oxygen atoms in total. The molecule has 0 radical (unpaired) electrons. The standard InChI is InChI=1S/C26H35N5O2S/c1-6-29-13-15-30(16-14-29)24(32)19(2)34-25-28-27-23(31(25)18-22-8-7-17-33-22)20-9-11-21(12-10-20)26(3,4)5/h7-12,17,19H,6,13-16,18H2,1-5H3. The maximum absolute atomic E-state index is 13.1. The molecule has 3 aromatic rings. The largest absolute Gasteiger partial charge is 0.467 e. The predicted molar refractivity (Wildman–Crippen MR) is 136 cm³/mol. The molecular weight excluding hydrogens is 446 g/mol. The number of thioether (sulfide) groups is 1. The van der Waals surface area contributed by atoms with E-state index in [1.807, 2.05) is 28.5 Å². The summed E-state index contributed by atoms with van der Waals surface area (Å²) in [5.41, 5.74) is 2.35. The maximum atomic E-state index is 13.1. The van der Waals surface area contributed by atoms with Crippen LogP contribution in [0, 0.1) is 0 Å². The number of likely N-dealkylation sites (N-methyl/N-ethyl adjacent to an activating group) is 1. The summed E-state index contributed by atoms with van der Waals surface area (Å²) in [5, 5.41) is 9.49. The fourth-order valence-corrected chi connectivity index (χ4v) is 5.09. The van der Waals surface area contributed by atoms with Crippen molar-refractivity contribution in [3.05, 3.63) is 54.0 Å². The number of benzene rings is 1. The summed E-state index contributed by atoms with van der Waals surface area (Å²) in [4.78, 5) is 17.5. The van der Waals surface area contributed by atoms with E-state index < -0.39 is 0 Å². The van der Waals surface area contributed by atoms with Gasteiger partial charge in [0.1, 0.15) is 5.76 Å². The number of nitrogens with zero attached hydrogens (tertiary/aromatic N) is 5. The molecule has 1 unspecified atom stereocenters. The SMILES string of the molecule is CCN1CCN(C(=O)C(C)Sc2nnc(-c3ccc(C(C)(C)C)cc3)n2Cc2ccco2)CC1. The minimum atomic E-state index is -0.246. The van der Waals surface area contributed by atoms with Gasteiger partial charge in [0.05, 0.1) is 18.1 Å². The van der Waals surface area contributed by atoms with Crippen molar-refractivity contribution >= 4 is 17.7 Å². The zero-order valence-corrected chi connectivity index (χ0v) is 21.6. The molecule has 1 amide bonds. The molecule has 1 saturated heterocycles. The smallest absolute Gasteiger partial charge is 0.235 e.